The molecule has 1 nitrogen and oxygen atoms in total. The number of hydrogen-bond donors (Lipinski definition) is 0. The number of hydrogen-bond acceptors (Lipinski definition) is 1. The van der Waals surface area contributed by atoms with Crippen molar-refractivity contribution in [2.75, 3.05) is 0 Å². The molecule has 0 aliphatic carbocycles. The second-order valence-corrected chi connectivity index (χ2v) is 5.80. The van der Waals surface area contributed by atoms with Gasteiger partial charge in [-0.3, -0.25) is 0 Å². The largest absolute Gasteiger partial charge is 0.192 e. The number of fused-ring (bicyclic) bond motifs is 2. The Hall–Kier alpha value is -3.11. The lowest BCUT2D eigenvalue weighted by atomic mass is 9.89. The summed E-state index contributed by atoms with van der Waals surface area (Å²) >= 11 is 0. The van der Waals surface area contributed by atoms with E-state index >= 15 is 0 Å². The summed E-state index contributed by atoms with van der Waals surface area (Å²) in [6, 6.07) is 27.3. The molecule has 0 saturated carbocycles. The van der Waals surface area contributed by atoms with E-state index < -0.39 is 0 Å². The summed E-state index contributed by atoms with van der Waals surface area (Å²) in [6.45, 7) is 2.11. The highest BCUT2D eigenvalue weighted by atomic mass is 14.3. The first-order chi connectivity index (χ1) is 11.3. The molecule has 0 amide bonds. The van der Waals surface area contributed by atoms with Crippen molar-refractivity contribution in [2.24, 2.45) is 0 Å². The zero-order valence-corrected chi connectivity index (χ0v) is 12.9. The van der Waals surface area contributed by atoms with Gasteiger partial charge in [-0.05, 0) is 40.3 Å². The Morgan fingerprint density at radius 2 is 1.35 bits per heavy atom. The zero-order valence-electron chi connectivity index (χ0n) is 12.9. The van der Waals surface area contributed by atoms with Crippen molar-refractivity contribution >= 4 is 21.5 Å². The van der Waals surface area contributed by atoms with Crippen LogP contribution in [0.4, 0.5) is 0 Å². The van der Waals surface area contributed by atoms with Crippen molar-refractivity contribution in [2.45, 2.75) is 6.92 Å². The Labute approximate surface area is 135 Å². The molecule has 108 valence electrons. The highest BCUT2D eigenvalue weighted by Crippen LogP contribution is 2.35. The summed E-state index contributed by atoms with van der Waals surface area (Å²) in [5.41, 5.74) is 4.08. The van der Waals surface area contributed by atoms with Crippen molar-refractivity contribution in [3.05, 3.63) is 83.9 Å². The van der Waals surface area contributed by atoms with Gasteiger partial charge in [0.15, 0.2) is 0 Å². The number of benzene rings is 4. The van der Waals surface area contributed by atoms with Crippen LogP contribution in [0, 0.1) is 18.3 Å². The Morgan fingerprint density at radius 1 is 0.696 bits per heavy atom. The number of nitriles is 1. The standard InChI is InChI=1S/C22H15N/c1-15-13-21(22(14-23)19-11-5-4-9-17(15)19)20-12-6-8-16-7-2-3-10-18(16)20/h2-13H,1H3. The van der Waals surface area contributed by atoms with Crippen LogP contribution in [-0.4, -0.2) is 0 Å². The number of nitrogens with zero attached hydrogens (tertiary/aromatic N) is 1. The fraction of sp³-hybridized carbons (Fsp3) is 0.0455. The minimum absolute atomic E-state index is 0.752. The molecule has 4 rings (SSSR count). The van der Waals surface area contributed by atoms with Crippen molar-refractivity contribution in [3.8, 4) is 17.2 Å². The first-order valence-electron chi connectivity index (χ1n) is 7.70. The van der Waals surface area contributed by atoms with Gasteiger partial charge < -0.3 is 0 Å². The van der Waals surface area contributed by atoms with E-state index in [-0.39, 0.29) is 0 Å². The van der Waals surface area contributed by atoms with Gasteiger partial charge in [0.05, 0.1) is 5.56 Å². The van der Waals surface area contributed by atoms with E-state index in [1.165, 1.54) is 16.3 Å². The quantitative estimate of drug-likeness (QED) is 0.432. The molecule has 0 fully saturated rings. The molecule has 4 aromatic rings. The minimum Gasteiger partial charge on any atom is -0.192 e. The molecule has 0 atom stereocenters. The van der Waals surface area contributed by atoms with Crippen LogP contribution in [0.1, 0.15) is 11.1 Å². The molecule has 1 heteroatoms. The number of rotatable bonds is 1. The second kappa shape index (κ2) is 5.26. The smallest absolute Gasteiger partial charge is 0.100 e. The van der Waals surface area contributed by atoms with Gasteiger partial charge in [-0.15, -0.1) is 0 Å². The van der Waals surface area contributed by atoms with Crippen molar-refractivity contribution < 1.29 is 0 Å². The molecule has 4 aromatic carbocycles. The Bertz CT molecular complexity index is 1080. The van der Waals surface area contributed by atoms with E-state index in [2.05, 4.69) is 55.5 Å². The molecule has 0 N–H and O–H groups in total. The van der Waals surface area contributed by atoms with E-state index in [0.29, 0.717) is 0 Å². The first-order valence-corrected chi connectivity index (χ1v) is 7.70. The lowest BCUT2D eigenvalue weighted by Crippen LogP contribution is -1.91. The predicted octanol–water partition coefficient (Wildman–Crippen LogP) is 5.84. The summed E-state index contributed by atoms with van der Waals surface area (Å²) in [5.74, 6) is 0. The van der Waals surface area contributed by atoms with Crippen molar-refractivity contribution in [1.82, 2.24) is 0 Å². The monoisotopic (exact) mass is 293 g/mol. The summed E-state index contributed by atoms with van der Waals surface area (Å²) < 4.78 is 0. The molecule has 0 bridgehead atoms. The summed E-state index contributed by atoms with van der Waals surface area (Å²) in [5, 5.41) is 14.3. The molecular formula is C22H15N. The summed E-state index contributed by atoms with van der Waals surface area (Å²) in [7, 11) is 0. The number of aryl methyl sites for hydroxylation is 1. The van der Waals surface area contributed by atoms with E-state index in [9.17, 15) is 5.26 Å². The third-order valence-electron chi connectivity index (χ3n) is 4.44. The maximum absolute atomic E-state index is 9.79. The third kappa shape index (κ3) is 2.08. The topological polar surface area (TPSA) is 23.8 Å². The molecule has 0 aliphatic heterocycles. The van der Waals surface area contributed by atoms with Crippen LogP contribution in [0.25, 0.3) is 32.7 Å². The van der Waals surface area contributed by atoms with Crippen LogP contribution in [0.15, 0.2) is 72.8 Å². The minimum atomic E-state index is 0.752. The lowest BCUT2D eigenvalue weighted by molar-refractivity contribution is 1.47. The van der Waals surface area contributed by atoms with Gasteiger partial charge in [-0.1, -0.05) is 66.7 Å². The fourth-order valence-electron chi connectivity index (χ4n) is 3.35. The average molecular weight is 293 g/mol. The van der Waals surface area contributed by atoms with Crippen LogP contribution in [0.2, 0.25) is 0 Å². The van der Waals surface area contributed by atoms with Gasteiger partial charge in [-0.2, -0.15) is 5.26 Å². The molecule has 0 spiro atoms. The molecule has 0 unspecified atom stereocenters. The van der Waals surface area contributed by atoms with E-state index in [0.717, 1.165) is 27.5 Å². The Morgan fingerprint density at radius 3 is 2.13 bits per heavy atom. The maximum Gasteiger partial charge on any atom is 0.100 e. The van der Waals surface area contributed by atoms with Gasteiger partial charge in [-0.25, -0.2) is 0 Å². The van der Waals surface area contributed by atoms with Gasteiger partial charge in [0.2, 0.25) is 0 Å². The molecule has 0 radical (unpaired) electrons. The summed E-state index contributed by atoms with van der Waals surface area (Å²) in [4.78, 5) is 0. The van der Waals surface area contributed by atoms with E-state index in [1.807, 2.05) is 30.3 Å². The lowest BCUT2D eigenvalue weighted by Gasteiger charge is -2.13. The van der Waals surface area contributed by atoms with Crippen LogP contribution < -0.4 is 0 Å². The highest BCUT2D eigenvalue weighted by Gasteiger charge is 2.13. The van der Waals surface area contributed by atoms with Crippen LogP contribution in [-0.2, 0) is 0 Å². The van der Waals surface area contributed by atoms with Crippen LogP contribution in [0.5, 0.6) is 0 Å². The molecule has 0 aliphatic rings. The first kappa shape index (κ1) is 13.5. The van der Waals surface area contributed by atoms with Gasteiger partial charge in [0.25, 0.3) is 0 Å². The van der Waals surface area contributed by atoms with Crippen molar-refractivity contribution in [3.63, 3.8) is 0 Å². The molecule has 23 heavy (non-hydrogen) atoms. The third-order valence-corrected chi connectivity index (χ3v) is 4.44. The van der Waals surface area contributed by atoms with Gasteiger partial charge in [0, 0.05) is 10.9 Å². The predicted molar refractivity (Wildman–Crippen MR) is 96.3 cm³/mol. The normalized spacial score (nSPS) is 10.8. The average Bonchev–Trinajstić information content (AvgIpc) is 2.61. The van der Waals surface area contributed by atoms with Crippen molar-refractivity contribution in [1.29, 1.82) is 5.26 Å². The van der Waals surface area contributed by atoms with Gasteiger partial charge in [0.1, 0.15) is 6.07 Å². The Balaban J connectivity index is 2.15. The molecule has 0 heterocycles. The SMILES string of the molecule is Cc1cc(-c2cccc3ccccc23)c(C#N)c2ccccc12. The second-order valence-electron chi connectivity index (χ2n) is 5.80. The molecule has 0 aromatic heterocycles. The van der Waals surface area contributed by atoms with Gasteiger partial charge >= 0.3 is 0 Å². The Kier molecular flexibility index (Phi) is 3.10. The van der Waals surface area contributed by atoms with Crippen LogP contribution >= 0.6 is 0 Å². The summed E-state index contributed by atoms with van der Waals surface area (Å²) in [6.07, 6.45) is 0. The highest BCUT2D eigenvalue weighted by molar-refractivity contribution is 6.03. The van der Waals surface area contributed by atoms with Crippen LogP contribution in [0.3, 0.4) is 0 Å². The zero-order chi connectivity index (χ0) is 15.8. The van der Waals surface area contributed by atoms with E-state index in [4.69, 9.17) is 0 Å². The van der Waals surface area contributed by atoms with E-state index in [1.54, 1.807) is 0 Å². The molecule has 0 saturated heterocycles. The molecular weight excluding hydrogens is 278 g/mol. The fourth-order valence-corrected chi connectivity index (χ4v) is 3.35. The maximum atomic E-state index is 9.79.